The zero-order valence-corrected chi connectivity index (χ0v) is 15.6. The van der Waals surface area contributed by atoms with Crippen molar-refractivity contribution in [2.24, 2.45) is 0 Å². The lowest BCUT2D eigenvalue weighted by molar-refractivity contribution is -0.128. The summed E-state index contributed by atoms with van der Waals surface area (Å²) in [5.74, 6) is 0.109. The molecule has 0 saturated carbocycles. The molecule has 1 atom stereocenters. The number of nitrogens with zero attached hydrogens (tertiary/aromatic N) is 3. The Morgan fingerprint density at radius 3 is 2.75 bits per heavy atom. The molecular weight excluding hydrogens is 348 g/mol. The van der Waals surface area contributed by atoms with Gasteiger partial charge in [0.15, 0.2) is 0 Å². The van der Waals surface area contributed by atoms with Gasteiger partial charge in [-0.25, -0.2) is 0 Å². The molecule has 1 aliphatic heterocycles. The second-order valence-electron chi connectivity index (χ2n) is 7.08. The Balaban J connectivity index is 1.43. The number of aryl methyl sites for hydroxylation is 1. The quantitative estimate of drug-likeness (QED) is 0.717. The summed E-state index contributed by atoms with van der Waals surface area (Å²) in [5.41, 5.74) is 3.28. The van der Waals surface area contributed by atoms with Crippen LogP contribution >= 0.6 is 0 Å². The number of nitriles is 1. The van der Waals surface area contributed by atoms with E-state index in [0.29, 0.717) is 11.3 Å². The molecule has 5 nitrogen and oxygen atoms in total. The van der Waals surface area contributed by atoms with Crippen LogP contribution in [0.15, 0.2) is 60.8 Å². The standard InChI is InChI=1S/C23H22N4O/c24-15-18-16-25-20-11-5-4-10-19(20)22(18)26-21-12-14-27(23(21)28)13-6-9-17-7-2-1-3-8-17/h1-5,7-8,10-11,16,21H,6,9,12-14H2,(H,25,26). The van der Waals surface area contributed by atoms with E-state index in [9.17, 15) is 10.1 Å². The van der Waals surface area contributed by atoms with E-state index in [-0.39, 0.29) is 11.9 Å². The first kappa shape index (κ1) is 18.0. The minimum absolute atomic E-state index is 0.109. The highest BCUT2D eigenvalue weighted by Crippen LogP contribution is 2.28. The molecule has 4 rings (SSSR count). The Morgan fingerprint density at radius 1 is 1.14 bits per heavy atom. The Morgan fingerprint density at radius 2 is 1.93 bits per heavy atom. The average Bonchev–Trinajstić information content (AvgIpc) is 3.08. The smallest absolute Gasteiger partial charge is 0.245 e. The van der Waals surface area contributed by atoms with Gasteiger partial charge < -0.3 is 10.2 Å². The highest BCUT2D eigenvalue weighted by Gasteiger charge is 2.31. The fraction of sp³-hybridized carbons (Fsp3) is 0.261. The lowest BCUT2D eigenvalue weighted by Crippen LogP contribution is -2.34. The molecule has 0 aliphatic carbocycles. The third-order valence-corrected chi connectivity index (χ3v) is 5.25. The van der Waals surface area contributed by atoms with E-state index < -0.39 is 0 Å². The fourth-order valence-corrected chi connectivity index (χ4v) is 3.77. The molecule has 140 valence electrons. The molecule has 1 aromatic heterocycles. The zero-order chi connectivity index (χ0) is 19.3. The monoisotopic (exact) mass is 370 g/mol. The van der Waals surface area contributed by atoms with Gasteiger partial charge in [0.2, 0.25) is 5.91 Å². The molecule has 1 amide bonds. The van der Waals surface area contributed by atoms with Crippen molar-refractivity contribution in [3.8, 4) is 6.07 Å². The largest absolute Gasteiger partial charge is 0.372 e. The van der Waals surface area contributed by atoms with E-state index in [1.165, 1.54) is 5.56 Å². The number of rotatable bonds is 6. The van der Waals surface area contributed by atoms with E-state index >= 15 is 0 Å². The summed E-state index contributed by atoms with van der Waals surface area (Å²) in [6, 6.07) is 19.9. The van der Waals surface area contributed by atoms with Crippen molar-refractivity contribution in [2.45, 2.75) is 25.3 Å². The number of aromatic nitrogens is 1. The zero-order valence-electron chi connectivity index (χ0n) is 15.6. The number of carbonyl (C=O) groups excluding carboxylic acids is 1. The summed E-state index contributed by atoms with van der Waals surface area (Å²) in [4.78, 5) is 19.1. The molecule has 1 fully saturated rings. The van der Waals surface area contributed by atoms with Gasteiger partial charge in [0.05, 0.1) is 16.8 Å². The maximum atomic E-state index is 12.9. The first-order valence-corrected chi connectivity index (χ1v) is 9.63. The SMILES string of the molecule is N#Cc1cnc2ccccc2c1NC1CCN(CCCc2ccccc2)C1=O. The summed E-state index contributed by atoms with van der Waals surface area (Å²) >= 11 is 0. The highest BCUT2D eigenvalue weighted by molar-refractivity contribution is 5.96. The number of amides is 1. The van der Waals surface area contributed by atoms with E-state index in [1.54, 1.807) is 6.20 Å². The Kier molecular flexibility index (Phi) is 5.20. The predicted octanol–water partition coefficient (Wildman–Crippen LogP) is 3.75. The number of hydrogen-bond donors (Lipinski definition) is 1. The van der Waals surface area contributed by atoms with Crippen molar-refractivity contribution in [2.75, 3.05) is 18.4 Å². The molecule has 0 radical (unpaired) electrons. The van der Waals surface area contributed by atoms with Crippen molar-refractivity contribution < 1.29 is 4.79 Å². The van der Waals surface area contributed by atoms with Crippen molar-refractivity contribution in [1.82, 2.24) is 9.88 Å². The van der Waals surface area contributed by atoms with Gasteiger partial charge in [-0.1, -0.05) is 48.5 Å². The lowest BCUT2D eigenvalue weighted by atomic mass is 10.1. The molecule has 0 bridgehead atoms. The normalized spacial score (nSPS) is 16.3. The van der Waals surface area contributed by atoms with Crippen LogP contribution in [-0.4, -0.2) is 34.9 Å². The molecular formula is C23H22N4O. The maximum absolute atomic E-state index is 12.9. The first-order chi connectivity index (χ1) is 13.8. The number of hydrogen-bond acceptors (Lipinski definition) is 4. The highest BCUT2D eigenvalue weighted by atomic mass is 16.2. The number of fused-ring (bicyclic) bond motifs is 1. The lowest BCUT2D eigenvalue weighted by Gasteiger charge is -2.19. The number of likely N-dealkylation sites (tertiary alicyclic amines) is 1. The van der Waals surface area contributed by atoms with Crippen LogP contribution in [0.25, 0.3) is 10.9 Å². The van der Waals surface area contributed by atoms with Crippen LogP contribution in [0.5, 0.6) is 0 Å². The Labute approximate surface area is 164 Å². The van der Waals surface area contributed by atoms with E-state index in [1.807, 2.05) is 47.4 Å². The molecule has 1 saturated heterocycles. The number of carbonyl (C=O) groups is 1. The predicted molar refractivity (Wildman–Crippen MR) is 110 cm³/mol. The molecule has 3 aromatic rings. The first-order valence-electron chi connectivity index (χ1n) is 9.63. The van der Waals surface area contributed by atoms with Gasteiger partial charge in [-0.2, -0.15) is 5.26 Å². The fourth-order valence-electron chi connectivity index (χ4n) is 3.77. The van der Waals surface area contributed by atoms with Crippen LogP contribution in [0.3, 0.4) is 0 Å². The number of para-hydroxylation sites is 1. The average molecular weight is 370 g/mol. The van der Waals surface area contributed by atoms with Crippen LogP contribution < -0.4 is 5.32 Å². The molecule has 1 N–H and O–H groups in total. The Bertz CT molecular complexity index is 1030. The van der Waals surface area contributed by atoms with E-state index in [2.05, 4.69) is 28.5 Å². The van der Waals surface area contributed by atoms with E-state index in [0.717, 1.165) is 43.3 Å². The minimum Gasteiger partial charge on any atom is -0.372 e. The van der Waals surface area contributed by atoms with Gasteiger partial charge in [-0.3, -0.25) is 9.78 Å². The van der Waals surface area contributed by atoms with Crippen molar-refractivity contribution in [1.29, 1.82) is 5.26 Å². The molecule has 2 aromatic carbocycles. The molecule has 2 heterocycles. The third kappa shape index (κ3) is 3.67. The summed E-state index contributed by atoms with van der Waals surface area (Å²) in [7, 11) is 0. The van der Waals surface area contributed by atoms with Gasteiger partial charge in [0.25, 0.3) is 0 Å². The number of pyridine rings is 1. The number of anilines is 1. The molecule has 5 heteroatoms. The van der Waals surface area contributed by atoms with Crippen LogP contribution in [-0.2, 0) is 11.2 Å². The van der Waals surface area contributed by atoms with Crippen molar-refractivity contribution >= 4 is 22.5 Å². The maximum Gasteiger partial charge on any atom is 0.245 e. The number of benzene rings is 2. The summed E-state index contributed by atoms with van der Waals surface area (Å²) in [6.07, 6.45) is 4.23. The van der Waals surface area contributed by atoms with Gasteiger partial charge in [-0.05, 0) is 30.9 Å². The van der Waals surface area contributed by atoms with Gasteiger partial charge >= 0.3 is 0 Å². The van der Waals surface area contributed by atoms with Gasteiger partial charge in [0.1, 0.15) is 12.1 Å². The van der Waals surface area contributed by atoms with Crippen molar-refractivity contribution in [3.05, 3.63) is 71.9 Å². The molecule has 28 heavy (non-hydrogen) atoms. The second-order valence-corrected chi connectivity index (χ2v) is 7.08. The van der Waals surface area contributed by atoms with Gasteiger partial charge in [0, 0.05) is 24.7 Å². The van der Waals surface area contributed by atoms with Crippen LogP contribution in [0.2, 0.25) is 0 Å². The topological polar surface area (TPSA) is 69.0 Å². The Hall–Kier alpha value is -3.39. The summed E-state index contributed by atoms with van der Waals surface area (Å²) in [5, 5.41) is 13.7. The molecule has 0 spiro atoms. The van der Waals surface area contributed by atoms with E-state index in [4.69, 9.17) is 0 Å². The summed E-state index contributed by atoms with van der Waals surface area (Å²) in [6.45, 7) is 1.50. The molecule has 1 aliphatic rings. The van der Waals surface area contributed by atoms with Crippen LogP contribution in [0, 0.1) is 11.3 Å². The van der Waals surface area contributed by atoms with Crippen molar-refractivity contribution in [3.63, 3.8) is 0 Å². The minimum atomic E-state index is -0.297. The number of nitrogens with one attached hydrogen (secondary N) is 1. The second kappa shape index (κ2) is 8.10. The van der Waals surface area contributed by atoms with Crippen LogP contribution in [0.1, 0.15) is 24.0 Å². The molecule has 1 unspecified atom stereocenters. The third-order valence-electron chi connectivity index (χ3n) is 5.25. The summed E-state index contributed by atoms with van der Waals surface area (Å²) < 4.78 is 0. The van der Waals surface area contributed by atoms with Crippen LogP contribution in [0.4, 0.5) is 5.69 Å². The van der Waals surface area contributed by atoms with Gasteiger partial charge in [-0.15, -0.1) is 0 Å².